The molecular weight excluding hydrogens is 164 g/mol. The van der Waals surface area contributed by atoms with E-state index < -0.39 is 0 Å². The second-order valence-electron chi connectivity index (χ2n) is 4.63. The molecule has 72 valence electrons. The van der Waals surface area contributed by atoms with Crippen LogP contribution in [0.15, 0.2) is 0 Å². The molecule has 0 aliphatic carbocycles. The molecule has 0 spiro atoms. The topological polar surface area (TPSA) is 26.7 Å². The maximum Gasteiger partial charge on any atom is 0.0383 e. The number of hydroxylamine groups is 2. The summed E-state index contributed by atoms with van der Waals surface area (Å²) in [4.78, 5) is 2.43. The summed E-state index contributed by atoms with van der Waals surface area (Å²) in [7, 11) is 0. The van der Waals surface area contributed by atoms with Gasteiger partial charge in [-0.1, -0.05) is 0 Å². The first-order valence-corrected chi connectivity index (χ1v) is 5.22. The molecule has 4 aliphatic heterocycles. The van der Waals surface area contributed by atoms with Crippen molar-refractivity contribution >= 4 is 0 Å². The fraction of sp³-hybridized carbons (Fsp3) is 0.900. The van der Waals surface area contributed by atoms with E-state index in [1.54, 1.807) is 5.06 Å². The van der Waals surface area contributed by atoms with Gasteiger partial charge in [-0.3, -0.25) is 4.90 Å². The van der Waals surface area contributed by atoms with E-state index in [4.69, 9.17) is 6.92 Å². The van der Waals surface area contributed by atoms with Crippen LogP contribution in [0.2, 0.25) is 0 Å². The van der Waals surface area contributed by atoms with Crippen molar-refractivity contribution in [2.75, 3.05) is 6.54 Å². The molecule has 0 amide bonds. The highest BCUT2D eigenvalue weighted by Crippen LogP contribution is 2.42. The highest BCUT2D eigenvalue weighted by Gasteiger charge is 2.50. The zero-order valence-corrected chi connectivity index (χ0v) is 7.76. The quantitative estimate of drug-likeness (QED) is 0.645. The predicted molar refractivity (Wildman–Crippen MR) is 48.3 cm³/mol. The summed E-state index contributed by atoms with van der Waals surface area (Å²) in [6.07, 6.45) is 4.45. The summed E-state index contributed by atoms with van der Waals surface area (Å²) >= 11 is 0. The third-order valence-corrected chi connectivity index (χ3v) is 4.07. The lowest BCUT2D eigenvalue weighted by Gasteiger charge is -2.59. The number of hydrogen-bond donors (Lipinski definition) is 1. The molecule has 0 aromatic heterocycles. The molecule has 0 aromatic rings. The fourth-order valence-corrected chi connectivity index (χ4v) is 3.51. The summed E-state index contributed by atoms with van der Waals surface area (Å²) in [5.74, 6) is 0. The minimum absolute atomic E-state index is 0.422. The number of piperidine rings is 4. The molecule has 0 aromatic carbocycles. The summed E-state index contributed by atoms with van der Waals surface area (Å²) in [5, 5.41) is 11.4. The largest absolute Gasteiger partial charge is 0.313 e. The fourth-order valence-electron chi connectivity index (χ4n) is 3.51. The van der Waals surface area contributed by atoms with Gasteiger partial charge in [0.05, 0.1) is 0 Å². The lowest BCUT2D eigenvalue weighted by Crippen LogP contribution is -2.67. The lowest BCUT2D eigenvalue weighted by molar-refractivity contribution is -0.241. The summed E-state index contributed by atoms with van der Waals surface area (Å²) in [6.45, 7) is 6.43. The standard InChI is InChI=1S/C10H16N2O/c1-2-11-7-3-9-5-8(11)6-10(4-7)12(9)13/h1,7-10,13H,2-6H2. The molecule has 4 bridgehead atoms. The highest BCUT2D eigenvalue weighted by molar-refractivity contribution is 5.04. The van der Waals surface area contributed by atoms with Crippen LogP contribution < -0.4 is 0 Å². The van der Waals surface area contributed by atoms with Gasteiger partial charge in [-0.25, -0.2) is 0 Å². The Hall–Kier alpha value is -0.120. The predicted octanol–water partition coefficient (Wildman–Crippen LogP) is 0.766. The molecule has 13 heavy (non-hydrogen) atoms. The van der Waals surface area contributed by atoms with Gasteiger partial charge in [-0.15, -0.1) is 0 Å². The van der Waals surface area contributed by atoms with Gasteiger partial charge in [0.2, 0.25) is 0 Å². The van der Waals surface area contributed by atoms with Crippen molar-refractivity contribution in [3.8, 4) is 0 Å². The molecule has 0 unspecified atom stereocenters. The van der Waals surface area contributed by atoms with E-state index in [0.717, 1.165) is 25.7 Å². The SMILES string of the molecule is [CH]CN1C2CC3CC1CC(C2)N3O. The first kappa shape index (κ1) is 8.21. The van der Waals surface area contributed by atoms with Crippen molar-refractivity contribution in [3.05, 3.63) is 6.92 Å². The molecule has 4 fully saturated rings. The van der Waals surface area contributed by atoms with Gasteiger partial charge in [0.25, 0.3) is 0 Å². The van der Waals surface area contributed by atoms with Crippen molar-refractivity contribution < 1.29 is 5.21 Å². The minimum atomic E-state index is 0.422. The molecular formula is C10H16N2O. The summed E-state index contributed by atoms with van der Waals surface area (Å²) in [6, 6.07) is 2.14. The van der Waals surface area contributed by atoms with E-state index >= 15 is 0 Å². The Morgan fingerprint density at radius 3 is 1.85 bits per heavy atom. The molecule has 4 heterocycles. The van der Waals surface area contributed by atoms with E-state index in [2.05, 4.69) is 4.90 Å². The third kappa shape index (κ3) is 1.01. The first-order valence-electron chi connectivity index (χ1n) is 5.22. The van der Waals surface area contributed by atoms with Crippen LogP contribution in [0.1, 0.15) is 25.7 Å². The van der Waals surface area contributed by atoms with Crippen molar-refractivity contribution in [3.63, 3.8) is 0 Å². The van der Waals surface area contributed by atoms with Crippen molar-refractivity contribution in [2.24, 2.45) is 0 Å². The van der Waals surface area contributed by atoms with Gasteiger partial charge >= 0.3 is 0 Å². The molecule has 4 rings (SSSR count). The molecule has 1 N–H and O–H groups in total. The second-order valence-corrected chi connectivity index (χ2v) is 4.63. The second kappa shape index (κ2) is 2.69. The zero-order chi connectivity index (χ0) is 9.00. The van der Waals surface area contributed by atoms with Crippen molar-refractivity contribution in [2.45, 2.75) is 49.9 Å². The molecule has 3 nitrogen and oxygen atoms in total. The normalized spacial score (nSPS) is 50.3. The van der Waals surface area contributed by atoms with Crippen LogP contribution in [0.5, 0.6) is 0 Å². The van der Waals surface area contributed by atoms with Crippen LogP contribution in [0, 0.1) is 6.92 Å². The maximum absolute atomic E-state index is 9.77. The Balaban J connectivity index is 1.86. The summed E-state index contributed by atoms with van der Waals surface area (Å²) in [5.41, 5.74) is 0. The van der Waals surface area contributed by atoms with Crippen LogP contribution in [0.3, 0.4) is 0 Å². The Kier molecular flexibility index (Phi) is 1.70. The average molecular weight is 180 g/mol. The van der Waals surface area contributed by atoms with E-state index in [9.17, 15) is 5.21 Å². The van der Waals surface area contributed by atoms with Crippen LogP contribution in [0.25, 0.3) is 0 Å². The van der Waals surface area contributed by atoms with E-state index in [1.807, 2.05) is 0 Å². The molecule has 0 atom stereocenters. The zero-order valence-electron chi connectivity index (χ0n) is 7.76. The Morgan fingerprint density at radius 2 is 1.46 bits per heavy atom. The molecule has 3 heteroatoms. The molecule has 4 saturated heterocycles. The van der Waals surface area contributed by atoms with Crippen molar-refractivity contribution in [1.29, 1.82) is 0 Å². The van der Waals surface area contributed by atoms with Crippen LogP contribution >= 0.6 is 0 Å². The van der Waals surface area contributed by atoms with Crippen LogP contribution in [-0.2, 0) is 0 Å². The Morgan fingerprint density at radius 1 is 1.00 bits per heavy atom. The van der Waals surface area contributed by atoms with Gasteiger partial charge in [0.15, 0.2) is 0 Å². The van der Waals surface area contributed by atoms with Crippen LogP contribution in [0.4, 0.5) is 0 Å². The summed E-state index contributed by atoms with van der Waals surface area (Å²) < 4.78 is 0. The van der Waals surface area contributed by atoms with Gasteiger partial charge < -0.3 is 5.21 Å². The number of rotatable bonds is 1. The van der Waals surface area contributed by atoms with Gasteiger partial charge in [0, 0.05) is 30.7 Å². The smallest absolute Gasteiger partial charge is 0.0383 e. The highest BCUT2D eigenvalue weighted by atomic mass is 16.5. The monoisotopic (exact) mass is 180 g/mol. The van der Waals surface area contributed by atoms with Gasteiger partial charge in [-0.2, -0.15) is 5.06 Å². The van der Waals surface area contributed by atoms with Gasteiger partial charge in [-0.05, 0) is 32.6 Å². The number of hydrogen-bond acceptors (Lipinski definition) is 3. The van der Waals surface area contributed by atoms with E-state index in [0.29, 0.717) is 30.7 Å². The Labute approximate surface area is 79.3 Å². The number of nitrogens with zero attached hydrogens (tertiary/aromatic N) is 2. The third-order valence-electron chi connectivity index (χ3n) is 4.07. The maximum atomic E-state index is 9.77. The van der Waals surface area contributed by atoms with E-state index in [1.165, 1.54) is 0 Å². The first-order chi connectivity index (χ1) is 6.29. The Bertz CT molecular complexity index is 189. The van der Waals surface area contributed by atoms with Crippen LogP contribution in [-0.4, -0.2) is 45.9 Å². The van der Waals surface area contributed by atoms with E-state index in [-0.39, 0.29) is 0 Å². The van der Waals surface area contributed by atoms with Crippen molar-refractivity contribution in [1.82, 2.24) is 9.96 Å². The van der Waals surface area contributed by atoms with Gasteiger partial charge in [0.1, 0.15) is 0 Å². The average Bonchev–Trinajstić information content (AvgIpc) is 2.11. The molecule has 2 radical (unpaired) electrons. The molecule has 4 aliphatic rings. The molecule has 0 saturated carbocycles. The minimum Gasteiger partial charge on any atom is -0.313 e. The lowest BCUT2D eigenvalue weighted by atomic mass is 9.74.